The Kier molecular flexibility index (Phi) is 14.7. The van der Waals surface area contributed by atoms with E-state index in [0.717, 1.165) is 68.6 Å². The van der Waals surface area contributed by atoms with Crippen LogP contribution >= 0.6 is 23.2 Å². The summed E-state index contributed by atoms with van der Waals surface area (Å²) >= 11 is 12.7. The molecule has 0 radical (unpaired) electrons. The average Bonchev–Trinajstić information content (AvgIpc) is 3.54. The van der Waals surface area contributed by atoms with Crippen LogP contribution in [0.1, 0.15) is 89.6 Å². The molecule has 1 unspecified atom stereocenters. The van der Waals surface area contributed by atoms with Gasteiger partial charge in [0.1, 0.15) is 17.9 Å². The summed E-state index contributed by atoms with van der Waals surface area (Å²) in [5.41, 5.74) is 3.36. The van der Waals surface area contributed by atoms with Crippen molar-refractivity contribution in [1.29, 1.82) is 5.26 Å². The lowest BCUT2D eigenvalue weighted by Crippen LogP contribution is -2.54. The number of carbonyl (C=O) groups excluding carboxylic acids is 5. The number of amides is 5. The molecule has 5 amide bonds. The first kappa shape index (κ1) is 45.1. The second-order valence-corrected chi connectivity index (χ2v) is 16.6. The Balaban J connectivity index is 0.806. The number of nitrogens with one attached hydrogen (secondary N) is 2. The minimum atomic E-state index is -0.982. The molecule has 0 bridgehead atoms. The number of piperidine rings is 1. The Labute approximate surface area is 375 Å². The number of aryl methyl sites for hydroxylation is 1. The van der Waals surface area contributed by atoms with Crippen LogP contribution in [0.2, 0.25) is 10.0 Å². The first-order valence-electron chi connectivity index (χ1n) is 21.2. The molecule has 4 heterocycles. The van der Waals surface area contributed by atoms with Gasteiger partial charge in [0.05, 0.1) is 64.5 Å². The van der Waals surface area contributed by atoms with Crippen LogP contribution in [-0.4, -0.2) is 109 Å². The van der Waals surface area contributed by atoms with Gasteiger partial charge in [-0.1, -0.05) is 54.6 Å². The number of benzene rings is 3. The number of aromatic nitrogens is 1. The number of nitrogens with zero attached hydrogens (tertiary/aromatic N) is 5. The SMILES string of the molecule is COc1cc(Nc2c(C#N)cnc3cc(OCCCN4CCN(C(=O)CCCCCCCc5cccc6c5C(=O)N(C5CCC(=O)NC5=O)C6=O)CC4)c(OC)cc23)c(Cl)cc1Cl. The maximum Gasteiger partial charge on any atom is 0.262 e. The van der Waals surface area contributed by atoms with Gasteiger partial charge in [-0.15, -0.1) is 0 Å². The van der Waals surface area contributed by atoms with E-state index in [-0.39, 0.29) is 18.7 Å². The van der Waals surface area contributed by atoms with E-state index in [9.17, 15) is 29.2 Å². The van der Waals surface area contributed by atoms with Crippen molar-refractivity contribution in [2.45, 2.75) is 70.3 Å². The molecular formula is C46H49Cl2N7O8. The van der Waals surface area contributed by atoms with E-state index in [2.05, 4.69) is 26.6 Å². The number of carbonyl (C=O) groups is 5. The quantitative estimate of drug-likeness (QED) is 0.0767. The van der Waals surface area contributed by atoms with Crippen LogP contribution in [0.15, 0.2) is 48.7 Å². The summed E-state index contributed by atoms with van der Waals surface area (Å²) < 4.78 is 17.2. The maximum absolute atomic E-state index is 13.4. The molecular weight excluding hydrogens is 849 g/mol. The molecule has 15 nitrogen and oxygen atoms in total. The highest BCUT2D eigenvalue weighted by Gasteiger charge is 2.45. The second-order valence-electron chi connectivity index (χ2n) is 15.7. The molecule has 3 aliphatic heterocycles. The number of anilines is 2. The van der Waals surface area contributed by atoms with Crippen LogP contribution in [0.5, 0.6) is 17.2 Å². The first-order valence-corrected chi connectivity index (χ1v) is 21.9. The molecule has 3 aliphatic rings. The molecule has 4 aromatic rings. The van der Waals surface area contributed by atoms with E-state index in [0.29, 0.717) is 98.8 Å². The van der Waals surface area contributed by atoms with Gasteiger partial charge in [-0.05, 0) is 55.9 Å². The van der Waals surface area contributed by atoms with Gasteiger partial charge in [0, 0.05) is 69.3 Å². The van der Waals surface area contributed by atoms with Crippen molar-refractivity contribution in [2.75, 3.05) is 58.9 Å². The fourth-order valence-corrected chi connectivity index (χ4v) is 8.88. The number of piperazine rings is 1. The molecule has 1 aromatic heterocycles. The Morgan fingerprint density at radius 1 is 0.905 bits per heavy atom. The number of rotatable bonds is 18. The zero-order chi connectivity index (χ0) is 44.6. The molecule has 2 N–H and O–H groups in total. The van der Waals surface area contributed by atoms with Gasteiger partial charge >= 0.3 is 0 Å². The van der Waals surface area contributed by atoms with Crippen LogP contribution < -0.4 is 24.8 Å². The van der Waals surface area contributed by atoms with Crippen molar-refractivity contribution in [2.24, 2.45) is 0 Å². The van der Waals surface area contributed by atoms with Crippen LogP contribution in [0.3, 0.4) is 0 Å². The number of hydrogen-bond acceptors (Lipinski definition) is 12. The molecule has 7 rings (SSSR count). The highest BCUT2D eigenvalue weighted by Crippen LogP contribution is 2.40. The van der Waals surface area contributed by atoms with Crippen LogP contribution in [0, 0.1) is 11.3 Å². The monoisotopic (exact) mass is 897 g/mol. The van der Waals surface area contributed by atoms with Gasteiger partial charge < -0.3 is 24.4 Å². The van der Waals surface area contributed by atoms with Crippen molar-refractivity contribution in [3.05, 3.63) is 81.0 Å². The largest absolute Gasteiger partial charge is 0.495 e. The topological polar surface area (TPSA) is 183 Å². The number of fused-ring (bicyclic) bond motifs is 2. The molecule has 0 saturated carbocycles. The van der Waals surface area contributed by atoms with Crippen molar-refractivity contribution in [3.63, 3.8) is 0 Å². The molecule has 330 valence electrons. The fourth-order valence-electron chi connectivity index (χ4n) is 8.37. The lowest BCUT2D eigenvalue weighted by molar-refractivity contribution is -0.136. The summed E-state index contributed by atoms with van der Waals surface area (Å²) in [5.74, 6) is -0.365. The summed E-state index contributed by atoms with van der Waals surface area (Å²) in [5, 5.41) is 16.7. The Morgan fingerprint density at radius 3 is 2.41 bits per heavy atom. The highest BCUT2D eigenvalue weighted by atomic mass is 35.5. The molecule has 17 heteroatoms. The van der Waals surface area contributed by atoms with E-state index in [4.69, 9.17) is 37.4 Å². The number of hydrogen-bond donors (Lipinski definition) is 2. The second kappa shape index (κ2) is 20.5. The Morgan fingerprint density at radius 2 is 1.67 bits per heavy atom. The lowest BCUT2D eigenvalue weighted by Gasteiger charge is -2.34. The zero-order valence-electron chi connectivity index (χ0n) is 35.3. The number of ether oxygens (including phenoxy) is 3. The van der Waals surface area contributed by atoms with E-state index in [1.807, 2.05) is 11.0 Å². The fraction of sp³-hybridized carbons (Fsp3) is 0.413. The molecule has 2 fully saturated rings. The summed E-state index contributed by atoms with van der Waals surface area (Å²) in [6, 6.07) is 13.2. The van der Waals surface area contributed by atoms with E-state index in [1.165, 1.54) is 13.3 Å². The van der Waals surface area contributed by atoms with E-state index < -0.39 is 29.7 Å². The third-order valence-electron chi connectivity index (χ3n) is 11.8. The number of unbranched alkanes of at least 4 members (excludes halogenated alkanes) is 4. The van der Waals surface area contributed by atoms with Gasteiger partial charge in [-0.3, -0.25) is 44.1 Å². The van der Waals surface area contributed by atoms with Crippen LogP contribution in [-0.2, 0) is 20.8 Å². The Hall–Kier alpha value is -5.95. The normalized spacial score (nSPS) is 16.5. The minimum absolute atomic E-state index is 0.0812. The lowest BCUT2D eigenvalue weighted by atomic mass is 9.97. The molecule has 0 aliphatic carbocycles. The number of pyridine rings is 1. The van der Waals surface area contributed by atoms with E-state index >= 15 is 0 Å². The first-order chi connectivity index (χ1) is 30.5. The predicted molar refractivity (Wildman–Crippen MR) is 237 cm³/mol. The minimum Gasteiger partial charge on any atom is -0.495 e. The van der Waals surface area contributed by atoms with Gasteiger partial charge in [0.15, 0.2) is 11.5 Å². The summed E-state index contributed by atoms with van der Waals surface area (Å²) in [4.78, 5) is 73.4. The number of nitriles is 1. The van der Waals surface area contributed by atoms with Crippen molar-refractivity contribution in [3.8, 4) is 23.3 Å². The smallest absolute Gasteiger partial charge is 0.262 e. The van der Waals surface area contributed by atoms with Gasteiger partial charge in [0.2, 0.25) is 17.7 Å². The van der Waals surface area contributed by atoms with Gasteiger partial charge in [-0.2, -0.15) is 5.26 Å². The molecule has 1 atom stereocenters. The number of halogens is 2. The summed E-state index contributed by atoms with van der Waals surface area (Å²) in [6.45, 7) is 4.20. The molecule has 2 saturated heterocycles. The highest BCUT2D eigenvalue weighted by molar-refractivity contribution is 6.37. The summed E-state index contributed by atoms with van der Waals surface area (Å²) in [7, 11) is 3.06. The van der Waals surface area contributed by atoms with Crippen molar-refractivity contribution < 1.29 is 38.2 Å². The third-order valence-corrected chi connectivity index (χ3v) is 12.4. The predicted octanol–water partition coefficient (Wildman–Crippen LogP) is 7.07. The van der Waals surface area contributed by atoms with Crippen molar-refractivity contribution >= 4 is 75.0 Å². The molecule has 63 heavy (non-hydrogen) atoms. The van der Waals surface area contributed by atoms with E-state index in [1.54, 1.807) is 43.5 Å². The summed E-state index contributed by atoms with van der Waals surface area (Å²) in [6.07, 6.45) is 8.02. The standard InChI is InChI=1S/C46H49Cl2N7O8/c1-61-37-25-35(32(47)23-33(37)48)51-43-29(26-49)27-50-34-24-39(38(62-2)22-31(34)43)63-21-9-16-53-17-19-54(20-18-53)41(57)13-7-5-3-4-6-10-28-11-8-12-30-42(28)46(60)55(45(30)59)36-14-15-40(56)52-44(36)58/h8,11-12,22-25,27,36H,3-7,9-10,13-21H2,1-2H3,(H,50,51)(H,52,56,58). The van der Waals surface area contributed by atoms with Crippen molar-refractivity contribution in [1.82, 2.24) is 25.0 Å². The Bertz CT molecular complexity index is 2470. The maximum atomic E-state index is 13.4. The molecule has 3 aromatic carbocycles. The zero-order valence-corrected chi connectivity index (χ0v) is 36.8. The number of methoxy groups -OCH3 is 2. The van der Waals surface area contributed by atoms with Gasteiger partial charge in [0.25, 0.3) is 11.8 Å². The molecule has 0 spiro atoms. The average molecular weight is 899 g/mol. The van der Waals surface area contributed by atoms with Crippen LogP contribution in [0.25, 0.3) is 10.9 Å². The third kappa shape index (κ3) is 10.1. The van der Waals surface area contributed by atoms with Crippen LogP contribution in [0.4, 0.5) is 11.4 Å². The number of imide groups is 2. The van der Waals surface area contributed by atoms with Gasteiger partial charge in [-0.25, -0.2) is 0 Å².